The highest BCUT2D eigenvalue weighted by atomic mass is 19.4. The molecule has 2 aliphatic rings. The van der Waals surface area contributed by atoms with E-state index in [0.717, 1.165) is 12.8 Å². The van der Waals surface area contributed by atoms with E-state index in [-0.39, 0.29) is 60.0 Å². The van der Waals surface area contributed by atoms with Crippen molar-refractivity contribution in [2.75, 3.05) is 39.2 Å². The van der Waals surface area contributed by atoms with Gasteiger partial charge in [0, 0.05) is 44.8 Å². The van der Waals surface area contributed by atoms with Gasteiger partial charge in [0.2, 0.25) is 11.8 Å². The second-order valence-corrected chi connectivity index (χ2v) is 9.41. The average molecular weight is 500 g/mol. The van der Waals surface area contributed by atoms with Crippen molar-refractivity contribution in [2.24, 2.45) is 11.8 Å². The van der Waals surface area contributed by atoms with E-state index >= 15 is 0 Å². The summed E-state index contributed by atoms with van der Waals surface area (Å²) >= 11 is 0. The van der Waals surface area contributed by atoms with Crippen molar-refractivity contribution in [3.63, 3.8) is 0 Å². The van der Waals surface area contributed by atoms with E-state index in [1.807, 2.05) is 18.7 Å². The van der Waals surface area contributed by atoms with Crippen LogP contribution in [0, 0.1) is 11.8 Å². The summed E-state index contributed by atoms with van der Waals surface area (Å²) in [5.41, 5.74) is 0.137. The Labute approximate surface area is 202 Å². The van der Waals surface area contributed by atoms with Crippen LogP contribution in [0.5, 0.6) is 5.75 Å². The van der Waals surface area contributed by atoms with Crippen LogP contribution in [-0.2, 0) is 14.3 Å². The second-order valence-electron chi connectivity index (χ2n) is 9.41. The smallest absolute Gasteiger partial charge is 0.397 e. The monoisotopic (exact) mass is 499 g/mol. The Morgan fingerprint density at radius 1 is 1.20 bits per heavy atom. The van der Waals surface area contributed by atoms with Crippen LogP contribution in [0.3, 0.4) is 0 Å². The highest BCUT2D eigenvalue weighted by Gasteiger charge is 2.37. The standard InChI is InChI=1S/C24H32F3N3O5/c1-14-11-30(22(32)16-5-6-16)15(2)13-35-19-8-7-17(28-21(31)10-24(25,26)27)9-18(19)23(33)29(3)12-20(14)34-4/h7-9,14-16,20H,5-6,10-13H2,1-4H3,(H,28,31)/t14-,15+,20+/m1/s1. The van der Waals surface area contributed by atoms with E-state index < -0.39 is 24.4 Å². The molecule has 1 heterocycles. The van der Waals surface area contributed by atoms with Gasteiger partial charge in [-0.05, 0) is 38.0 Å². The fourth-order valence-corrected chi connectivity index (χ4v) is 4.11. The molecule has 194 valence electrons. The van der Waals surface area contributed by atoms with Crippen LogP contribution in [0.25, 0.3) is 0 Å². The summed E-state index contributed by atoms with van der Waals surface area (Å²) < 4.78 is 49.2. The van der Waals surface area contributed by atoms with Crippen LogP contribution in [0.4, 0.5) is 18.9 Å². The first-order chi connectivity index (χ1) is 16.4. The van der Waals surface area contributed by atoms with Crippen LogP contribution in [0.15, 0.2) is 18.2 Å². The third-order valence-corrected chi connectivity index (χ3v) is 6.30. The zero-order chi connectivity index (χ0) is 25.9. The van der Waals surface area contributed by atoms with Crippen LogP contribution in [0.2, 0.25) is 0 Å². The number of alkyl halides is 3. The number of anilines is 1. The normalized spacial score (nSPS) is 24.1. The van der Waals surface area contributed by atoms with E-state index in [2.05, 4.69) is 5.32 Å². The minimum Gasteiger partial charge on any atom is -0.491 e. The quantitative estimate of drug-likeness (QED) is 0.687. The maximum absolute atomic E-state index is 13.3. The Bertz CT molecular complexity index is 951. The van der Waals surface area contributed by atoms with Gasteiger partial charge in [-0.15, -0.1) is 0 Å². The Morgan fingerprint density at radius 3 is 2.49 bits per heavy atom. The molecule has 0 bridgehead atoms. The van der Waals surface area contributed by atoms with E-state index in [4.69, 9.17) is 9.47 Å². The summed E-state index contributed by atoms with van der Waals surface area (Å²) in [6.45, 7) is 4.63. The molecular formula is C24H32F3N3O5. The van der Waals surface area contributed by atoms with Crippen LogP contribution < -0.4 is 10.1 Å². The SMILES string of the molecule is CO[C@H]1CN(C)C(=O)c2cc(NC(=O)CC(F)(F)F)ccc2OC[C@H](C)N(C(=O)C2CC2)C[C@H]1C. The van der Waals surface area contributed by atoms with Gasteiger partial charge in [0.1, 0.15) is 18.8 Å². The van der Waals surface area contributed by atoms with Crippen molar-refractivity contribution in [3.05, 3.63) is 23.8 Å². The van der Waals surface area contributed by atoms with Crippen molar-refractivity contribution < 1.29 is 37.0 Å². The third-order valence-electron chi connectivity index (χ3n) is 6.30. The molecule has 8 nitrogen and oxygen atoms in total. The van der Waals surface area contributed by atoms with E-state index in [1.165, 1.54) is 23.1 Å². The fourth-order valence-electron chi connectivity index (χ4n) is 4.11. The van der Waals surface area contributed by atoms with Crippen molar-refractivity contribution in [3.8, 4) is 5.75 Å². The predicted molar refractivity (Wildman–Crippen MR) is 122 cm³/mol. The fraction of sp³-hybridized carbons (Fsp3) is 0.625. The van der Waals surface area contributed by atoms with Crippen LogP contribution in [0.1, 0.15) is 43.5 Å². The lowest BCUT2D eigenvalue weighted by atomic mass is 10.0. The minimum absolute atomic E-state index is 0.0259. The number of benzene rings is 1. The number of hydrogen-bond acceptors (Lipinski definition) is 5. The summed E-state index contributed by atoms with van der Waals surface area (Å²) in [6.07, 6.45) is -4.90. The molecule has 35 heavy (non-hydrogen) atoms. The van der Waals surface area contributed by atoms with E-state index in [9.17, 15) is 27.6 Å². The summed E-state index contributed by atoms with van der Waals surface area (Å²) in [7, 11) is 3.13. The molecule has 3 rings (SSSR count). The zero-order valence-corrected chi connectivity index (χ0v) is 20.4. The molecule has 0 aromatic heterocycles. The molecule has 0 unspecified atom stereocenters. The largest absolute Gasteiger partial charge is 0.491 e. The van der Waals surface area contributed by atoms with Crippen molar-refractivity contribution >= 4 is 23.4 Å². The first-order valence-corrected chi connectivity index (χ1v) is 11.6. The van der Waals surface area contributed by atoms with Crippen LogP contribution >= 0.6 is 0 Å². The maximum atomic E-state index is 13.3. The molecule has 1 aliphatic heterocycles. The van der Waals surface area contributed by atoms with Crippen molar-refractivity contribution in [1.29, 1.82) is 0 Å². The zero-order valence-electron chi connectivity index (χ0n) is 20.4. The third kappa shape index (κ3) is 7.09. The number of carbonyl (C=O) groups is 3. The summed E-state index contributed by atoms with van der Waals surface area (Å²) in [5.74, 6) is -1.43. The molecule has 0 radical (unpaired) electrons. The number of methoxy groups -OCH3 is 1. The van der Waals surface area contributed by atoms with Gasteiger partial charge in [0.05, 0.1) is 17.7 Å². The molecule has 11 heteroatoms. The number of fused-ring (bicyclic) bond motifs is 1. The molecule has 1 N–H and O–H groups in total. The lowest BCUT2D eigenvalue weighted by Crippen LogP contribution is -2.49. The minimum atomic E-state index is -4.65. The summed E-state index contributed by atoms with van der Waals surface area (Å²) in [5, 5.41) is 2.18. The molecule has 3 amide bonds. The summed E-state index contributed by atoms with van der Waals surface area (Å²) in [4.78, 5) is 41.3. The van der Waals surface area contributed by atoms with Gasteiger partial charge < -0.3 is 24.6 Å². The maximum Gasteiger partial charge on any atom is 0.397 e. The average Bonchev–Trinajstić information content (AvgIpc) is 3.62. The van der Waals surface area contributed by atoms with Gasteiger partial charge in [-0.1, -0.05) is 6.92 Å². The first kappa shape index (κ1) is 26.8. The molecule has 1 aromatic rings. The molecular weight excluding hydrogens is 467 g/mol. The Hall–Kier alpha value is -2.82. The molecule has 3 atom stereocenters. The number of ether oxygens (including phenoxy) is 2. The number of nitrogens with one attached hydrogen (secondary N) is 1. The number of amides is 3. The number of hydrogen-bond donors (Lipinski definition) is 1. The molecule has 0 saturated heterocycles. The Balaban J connectivity index is 1.91. The molecule has 0 spiro atoms. The number of nitrogens with zero attached hydrogens (tertiary/aromatic N) is 2. The van der Waals surface area contributed by atoms with Gasteiger partial charge in [-0.25, -0.2) is 0 Å². The van der Waals surface area contributed by atoms with E-state index in [1.54, 1.807) is 14.2 Å². The first-order valence-electron chi connectivity index (χ1n) is 11.6. The number of rotatable bonds is 4. The van der Waals surface area contributed by atoms with Crippen molar-refractivity contribution in [2.45, 2.75) is 51.4 Å². The Kier molecular flexibility index (Phi) is 8.30. The van der Waals surface area contributed by atoms with Gasteiger partial charge in [0.25, 0.3) is 5.91 Å². The second kappa shape index (κ2) is 10.8. The number of carbonyl (C=O) groups excluding carboxylic acids is 3. The highest BCUT2D eigenvalue weighted by Crippen LogP contribution is 2.33. The molecule has 1 saturated carbocycles. The topological polar surface area (TPSA) is 88.2 Å². The van der Waals surface area contributed by atoms with Crippen LogP contribution in [-0.4, -0.2) is 79.7 Å². The Morgan fingerprint density at radius 2 is 1.89 bits per heavy atom. The molecule has 1 fully saturated rings. The van der Waals surface area contributed by atoms with Gasteiger partial charge in [0.15, 0.2) is 0 Å². The predicted octanol–water partition coefficient (Wildman–Crippen LogP) is 3.32. The highest BCUT2D eigenvalue weighted by molar-refractivity contribution is 5.99. The van der Waals surface area contributed by atoms with Gasteiger partial charge >= 0.3 is 6.18 Å². The number of likely N-dealkylation sites (N-methyl/N-ethyl adjacent to an activating group) is 1. The summed E-state index contributed by atoms with van der Waals surface area (Å²) in [6, 6.07) is 3.84. The van der Waals surface area contributed by atoms with Gasteiger partial charge in [-0.3, -0.25) is 14.4 Å². The van der Waals surface area contributed by atoms with Gasteiger partial charge in [-0.2, -0.15) is 13.2 Å². The number of halogens is 3. The lowest BCUT2D eigenvalue weighted by Gasteiger charge is -2.36. The lowest BCUT2D eigenvalue weighted by molar-refractivity contribution is -0.150. The van der Waals surface area contributed by atoms with E-state index in [0.29, 0.717) is 6.54 Å². The molecule has 1 aromatic carbocycles. The van der Waals surface area contributed by atoms with Crippen molar-refractivity contribution in [1.82, 2.24) is 9.80 Å². The molecule has 1 aliphatic carbocycles.